The van der Waals surface area contributed by atoms with Gasteiger partial charge in [0.15, 0.2) is 11.6 Å². The molecular weight excluding hydrogens is 281 g/mol. The van der Waals surface area contributed by atoms with E-state index in [1.807, 2.05) is 0 Å². The van der Waals surface area contributed by atoms with Gasteiger partial charge in [0, 0.05) is 6.08 Å². The number of ether oxygens (including phenoxy) is 2. The van der Waals surface area contributed by atoms with Gasteiger partial charge in [-0.05, 0) is 0 Å². The zero-order chi connectivity index (χ0) is 15.4. The summed E-state index contributed by atoms with van der Waals surface area (Å²) in [5.41, 5.74) is -3.57. The Morgan fingerprint density at radius 3 is 1.80 bits per heavy atom. The number of esters is 2. The second-order valence-electron chi connectivity index (χ2n) is 3.35. The Hall–Kier alpha value is -2.60. The van der Waals surface area contributed by atoms with Crippen LogP contribution in [0.25, 0.3) is 6.08 Å². The molecule has 5 nitrogen and oxygen atoms in total. The van der Waals surface area contributed by atoms with Crippen LogP contribution in [0.15, 0.2) is 0 Å². The molecule has 0 atom stereocenters. The molecule has 0 aliphatic carbocycles. The third kappa shape index (κ3) is 2.41. The summed E-state index contributed by atoms with van der Waals surface area (Å²) in [4.78, 5) is 33.0. The summed E-state index contributed by atoms with van der Waals surface area (Å²) in [5, 5.41) is 0. The number of rotatable bonds is 3. The number of benzene rings is 1. The largest absolute Gasteiger partial charge is 0.465 e. The van der Waals surface area contributed by atoms with Crippen LogP contribution >= 0.6 is 0 Å². The lowest BCUT2D eigenvalue weighted by Gasteiger charge is -2.11. The zero-order valence-electron chi connectivity index (χ0n) is 10.3. The van der Waals surface area contributed by atoms with Gasteiger partial charge in [0.25, 0.3) is 0 Å². The van der Waals surface area contributed by atoms with Crippen molar-refractivity contribution < 1.29 is 37.0 Å². The molecule has 0 spiro atoms. The number of hydrogen-bond acceptors (Lipinski definition) is 5. The van der Waals surface area contributed by atoms with E-state index in [0.717, 1.165) is 20.2 Å². The number of carbonyl (C=O) groups is 2. The van der Waals surface area contributed by atoms with Crippen LogP contribution in [0.5, 0.6) is 0 Å². The molecule has 8 heteroatoms. The summed E-state index contributed by atoms with van der Waals surface area (Å²) >= 11 is 0. The van der Waals surface area contributed by atoms with Crippen molar-refractivity contribution in [3.8, 4) is 0 Å². The molecule has 0 bridgehead atoms. The van der Waals surface area contributed by atoms with Crippen LogP contribution in [-0.2, 0) is 14.3 Å². The average Bonchev–Trinajstić information content (AvgIpc) is 2.45. The molecule has 0 saturated carbocycles. The van der Waals surface area contributed by atoms with Crippen molar-refractivity contribution >= 4 is 24.0 Å². The molecule has 0 aromatic heterocycles. The maximum atomic E-state index is 14.0. The Morgan fingerprint density at radius 2 is 1.40 bits per heavy atom. The predicted octanol–water partition coefficient (Wildman–Crippen LogP) is 1.52. The Labute approximate surface area is 110 Å². The van der Waals surface area contributed by atoms with Gasteiger partial charge in [-0.15, -0.1) is 0 Å². The highest BCUT2D eigenvalue weighted by Crippen LogP contribution is 2.27. The highest BCUT2D eigenvalue weighted by molar-refractivity contribution is 6.04. The molecule has 0 N–H and O–H groups in total. The van der Waals surface area contributed by atoms with E-state index in [1.165, 1.54) is 0 Å². The summed E-state index contributed by atoms with van der Waals surface area (Å²) in [6.45, 7) is 0. The second-order valence-corrected chi connectivity index (χ2v) is 3.35. The standard InChI is InChI=1S/C12H7F3O5/c1-19-11(17)6-7(12(18)20-2)10(15)9(14)5(3-4-16)8(6)13/h3H,1-2H3. The van der Waals surface area contributed by atoms with E-state index in [9.17, 15) is 27.6 Å². The molecule has 0 aliphatic rings. The van der Waals surface area contributed by atoms with E-state index in [2.05, 4.69) is 9.47 Å². The number of hydrogen-bond donors (Lipinski definition) is 0. The quantitative estimate of drug-likeness (QED) is 0.479. The van der Waals surface area contributed by atoms with Crippen molar-refractivity contribution in [3.63, 3.8) is 0 Å². The van der Waals surface area contributed by atoms with Gasteiger partial charge in [0.2, 0.25) is 0 Å². The van der Waals surface area contributed by atoms with E-state index in [1.54, 1.807) is 0 Å². The van der Waals surface area contributed by atoms with Gasteiger partial charge in [-0.1, -0.05) is 0 Å². The summed E-state index contributed by atoms with van der Waals surface area (Å²) in [7, 11) is 1.68. The first-order valence-corrected chi connectivity index (χ1v) is 4.98. The second kappa shape index (κ2) is 6.03. The van der Waals surface area contributed by atoms with E-state index in [-0.39, 0.29) is 6.08 Å². The summed E-state index contributed by atoms with van der Waals surface area (Å²) < 4.78 is 49.6. The highest BCUT2D eigenvalue weighted by atomic mass is 19.2. The van der Waals surface area contributed by atoms with Crippen molar-refractivity contribution in [3.05, 3.63) is 34.1 Å². The minimum atomic E-state index is -1.83. The molecular formula is C12H7F3O5. The molecule has 1 aromatic carbocycles. The van der Waals surface area contributed by atoms with Crippen LogP contribution in [0.1, 0.15) is 26.3 Å². The fraction of sp³-hybridized carbons (Fsp3) is 0.167. The fourth-order valence-corrected chi connectivity index (χ4v) is 1.45. The maximum Gasteiger partial charge on any atom is 0.341 e. The molecule has 0 fully saturated rings. The normalized spacial score (nSPS) is 9.65. The Bertz CT molecular complexity index is 633. The molecule has 0 unspecified atom stereocenters. The Kier molecular flexibility index (Phi) is 4.66. The van der Waals surface area contributed by atoms with Crippen molar-refractivity contribution in [2.45, 2.75) is 0 Å². The minimum absolute atomic E-state index is 0.251. The van der Waals surface area contributed by atoms with Crippen LogP contribution in [0.4, 0.5) is 13.2 Å². The lowest BCUT2D eigenvalue weighted by Crippen LogP contribution is -2.19. The third-order valence-electron chi connectivity index (χ3n) is 2.34. The molecule has 0 aliphatic heterocycles. The van der Waals surface area contributed by atoms with E-state index < -0.39 is 46.1 Å². The number of halogens is 3. The fourth-order valence-electron chi connectivity index (χ4n) is 1.45. The monoisotopic (exact) mass is 288 g/mol. The van der Waals surface area contributed by atoms with E-state index >= 15 is 0 Å². The molecule has 106 valence electrons. The van der Waals surface area contributed by atoms with Crippen LogP contribution in [0, 0.1) is 17.5 Å². The molecule has 0 radical (unpaired) electrons. The van der Waals surface area contributed by atoms with Crippen molar-refractivity contribution in [1.29, 1.82) is 0 Å². The van der Waals surface area contributed by atoms with Gasteiger partial charge in [-0.2, -0.15) is 0 Å². The zero-order valence-corrected chi connectivity index (χ0v) is 10.3. The lowest BCUT2D eigenvalue weighted by molar-refractivity contribution is 0.0544. The maximum absolute atomic E-state index is 14.0. The number of methoxy groups -OCH3 is 2. The van der Waals surface area contributed by atoms with Crippen molar-refractivity contribution in [2.24, 2.45) is 0 Å². The highest BCUT2D eigenvalue weighted by Gasteiger charge is 2.32. The van der Waals surface area contributed by atoms with Crippen LogP contribution in [-0.4, -0.2) is 32.1 Å². The van der Waals surface area contributed by atoms with Gasteiger partial charge in [0.05, 0.1) is 19.8 Å². The molecule has 0 saturated heterocycles. The topological polar surface area (TPSA) is 69.7 Å². The van der Waals surface area contributed by atoms with Gasteiger partial charge < -0.3 is 9.47 Å². The Balaban J connectivity index is 3.89. The summed E-state index contributed by atoms with van der Waals surface area (Å²) in [5.74, 6) is -7.13. The lowest BCUT2D eigenvalue weighted by atomic mass is 10.0. The smallest absolute Gasteiger partial charge is 0.341 e. The molecule has 20 heavy (non-hydrogen) atoms. The third-order valence-corrected chi connectivity index (χ3v) is 2.34. The summed E-state index contributed by atoms with van der Waals surface area (Å²) in [6, 6.07) is 0. The molecule has 0 amide bonds. The van der Waals surface area contributed by atoms with Crippen LogP contribution < -0.4 is 0 Å². The Morgan fingerprint density at radius 1 is 0.950 bits per heavy atom. The van der Waals surface area contributed by atoms with Gasteiger partial charge in [-0.3, -0.25) is 0 Å². The molecule has 0 heterocycles. The first-order valence-electron chi connectivity index (χ1n) is 4.98. The predicted molar refractivity (Wildman–Crippen MR) is 59.2 cm³/mol. The van der Waals surface area contributed by atoms with Gasteiger partial charge >= 0.3 is 11.9 Å². The van der Waals surface area contributed by atoms with Gasteiger partial charge in [-0.25, -0.2) is 27.6 Å². The van der Waals surface area contributed by atoms with Crippen molar-refractivity contribution in [2.75, 3.05) is 14.2 Å². The van der Waals surface area contributed by atoms with E-state index in [4.69, 9.17) is 0 Å². The minimum Gasteiger partial charge on any atom is -0.465 e. The first kappa shape index (κ1) is 15.5. The van der Waals surface area contributed by atoms with E-state index in [0.29, 0.717) is 0 Å². The first-order chi connectivity index (χ1) is 9.40. The average molecular weight is 288 g/mol. The van der Waals surface area contributed by atoms with Crippen LogP contribution in [0.2, 0.25) is 0 Å². The van der Waals surface area contributed by atoms with Gasteiger partial charge in [0.1, 0.15) is 22.9 Å². The molecule has 1 aromatic rings. The molecule has 1 rings (SSSR count). The number of carbonyl (C=O) groups excluding carboxylic acids is 3. The van der Waals surface area contributed by atoms with Crippen LogP contribution in [0.3, 0.4) is 0 Å². The summed E-state index contributed by atoms with van der Waals surface area (Å²) in [6.07, 6.45) is 0.251. The van der Waals surface area contributed by atoms with Crippen molar-refractivity contribution in [1.82, 2.24) is 0 Å². The SMILES string of the molecule is COC(=O)c1c(F)c(F)c(C=C=O)c(F)c1C(=O)OC.